The number of aliphatic imine (C=N–C) groups is 1. The van der Waals surface area contributed by atoms with Crippen LogP contribution in [0.3, 0.4) is 0 Å². The van der Waals surface area contributed by atoms with Gasteiger partial charge in [0.25, 0.3) is 0 Å². The number of methoxy groups -OCH3 is 4. The van der Waals surface area contributed by atoms with Gasteiger partial charge >= 0.3 is 0 Å². The van der Waals surface area contributed by atoms with Crippen molar-refractivity contribution in [2.75, 3.05) is 42.0 Å². The number of hydrogen-bond acceptors (Lipinski definition) is 5. The standard InChI is InChI=1S/C17H29N3O4/c1-17(2,24-7)11-20-16(18-3)19-10-12-8-9-13(21-4)15(23-6)14(12)22-5/h8-9H,10-11H2,1-7H3,(H2,18,19,20). The minimum Gasteiger partial charge on any atom is -0.493 e. The van der Waals surface area contributed by atoms with Gasteiger partial charge in [0.05, 0.1) is 26.9 Å². The Morgan fingerprint density at radius 1 is 1.00 bits per heavy atom. The molecule has 0 bridgehead atoms. The van der Waals surface area contributed by atoms with Gasteiger partial charge < -0.3 is 29.6 Å². The molecular formula is C17H29N3O4. The van der Waals surface area contributed by atoms with E-state index in [0.717, 1.165) is 5.56 Å². The van der Waals surface area contributed by atoms with Gasteiger partial charge in [-0.1, -0.05) is 0 Å². The van der Waals surface area contributed by atoms with Crippen LogP contribution in [0.2, 0.25) is 0 Å². The molecule has 1 aromatic carbocycles. The van der Waals surface area contributed by atoms with Crippen LogP contribution in [-0.2, 0) is 11.3 Å². The number of benzene rings is 1. The first-order chi connectivity index (χ1) is 11.4. The zero-order valence-electron chi connectivity index (χ0n) is 15.6. The maximum absolute atomic E-state index is 5.48. The molecule has 7 heteroatoms. The normalized spacial score (nSPS) is 11.9. The summed E-state index contributed by atoms with van der Waals surface area (Å²) in [6.07, 6.45) is 0. The summed E-state index contributed by atoms with van der Waals surface area (Å²) in [5, 5.41) is 6.49. The highest BCUT2D eigenvalue weighted by atomic mass is 16.5. The molecule has 1 aromatic rings. The number of ether oxygens (including phenoxy) is 4. The van der Waals surface area contributed by atoms with Crippen molar-refractivity contribution in [2.45, 2.75) is 26.0 Å². The van der Waals surface area contributed by atoms with E-state index in [2.05, 4.69) is 15.6 Å². The molecule has 0 atom stereocenters. The van der Waals surface area contributed by atoms with Gasteiger partial charge in [0, 0.05) is 32.8 Å². The third-order valence-electron chi connectivity index (χ3n) is 3.69. The molecule has 0 saturated carbocycles. The summed E-state index contributed by atoms with van der Waals surface area (Å²) in [7, 11) is 8.20. The van der Waals surface area contributed by atoms with E-state index in [9.17, 15) is 0 Å². The lowest BCUT2D eigenvalue weighted by molar-refractivity contribution is 0.0268. The van der Waals surface area contributed by atoms with Crippen molar-refractivity contribution in [3.05, 3.63) is 17.7 Å². The Bertz CT molecular complexity index is 559. The number of hydrogen-bond donors (Lipinski definition) is 2. The monoisotopic (exact) mass is 339 g/mol. The quantitative estimate of drug-likeness (QED) is 0.556. The molecule has 1 rings (SSSR count). The molecule has 0 aliphatic rings. The second kappa shape index (κ2) is 9.22. The molecule has 136 valence electrons. The fourth-order valence-electron chi connectivity index (χ4n) is 2.07. The highest BCUT2D eigenvalue weighted by Crippen LogP contribution is 2.39. The highest BCUT2D eigenvalue weighted by molar-refractivity contribution is 5.79. The van der Waals surface area contributed by atoms with Gasteiger partial charge in [-0.25, -0.2) is 0 Å². The Hall–Kier alpha value is -2.15. The van der Waals surface area contributed by atoms with Crippen molar-refractivity contribution in [3.8, 4) is 17.2 Å². The summed E-state index contributed by atoms with van der Waals surface area (Å²) in [6.45, 7) is 5.16. The summed E-state index contributed by atoms with van der Waals surface area (Å²) in [4.78, 5) is 4.21. The maximum Gasteiger partial charge on any atom is 0.203 e. The summed E-state index contributed by atoms with van der Waals surface area (Å²) in [5.74, 6) is 2.51. The van der Waals surface area contributed by atoms with Crippen molar-refractivity contribution < 1.29 is 18.9 Å². The van der Waals surface area contributed by atoms with Crippen LogP contribution in [0.5, 0.6) is 17.2 Å². The van der Waals surface area contributed by atoms with Crippen LogP contribution in [-0.4, -0.2) is 53.6 Å². The molecular weight excluding hydrogens is 310 g/mol. The summed E-state index contributed by atoms with van der Waals surface area (Å²) >= 11 is 0. The Balaban J connectivity index is 2.82. The molecule has 0 heterocycles. The van der Waals surface area contributed by atoms with E-state index in [1.54, 1.807) is 35.5 Å². The first-order valence-electron chi connectivity index (χ1n) is 7.70. The summed E-state index contributed by atoms with van der Waals surface area (Å²) in [5.41, 5.74) is 0.655. The van der Waals surface area contributed by atoms with E-state index in [0.29, 0.717) is 36.3 Å². The second-order valence-corrected chi connectivity index (χ2v) is 5.74. The molecule has 0 fully saturated rings. The largest absolute Gasteiger partial charge is 0.493 e. The molecule has 0 unspecified atom stereocenters. The fourth-order valence-corrected chi connectivity index (χ4v) is 2.07. The minimum absolute atomic E-state index is 0.279. The van der Waals surface area contributed by atoms with Crippen LogP contribution in [0.1, 0.15) is 19.4 Å². The molecule has 0 amide bonds. The Morgan fingerprint density at radius 3 is 2.17 bits per heavy atom. The molecule has 0 aliphatic carbocycles. The van der Waals surface area contributed by atoms with Gasteiger partial charge in [-0.15, -0.1) is 0 Å². The third-order valence-corrected chi connectivity index (χ3v) is 3.69. The predicted octanol–water partition coefficient (Wildman–Crippen LogP) is 1.80. The molecule has 0 radical (unpaired) electrons. The van der Waals surface area contributed by atoms with E-state index in [1.807, 2.05) is 26.0 Å². The average Bonchev–Trinajstić information content (AvgIpc) is 2.60. The number of nitrogens with zero attached hydrogens (tertiary/aromatic N) is 1. The first kappa shape index (κ1) is 19.9. The van der Waals surface area contributed by atoms with Crippen LogP contribution < -0.4 is 24.8 Å². The number of guanidine groups is 1. The fraction of sp³-hybridized carbons (Fsp3) is 0.588. The van der Waals surface area contributed by atoms with E-state index in [-0.39, 0.29) is 5.60 Å². The van der Waals surface area contributed by atoms with Crippen molar-refractivity contribution in [3.63, 3.8) is 0 Å². The topological polar surface area (TPSA) is 73.3 Å². The number of nitrogens with one attached hydrogen (secondary N) is 2. The SMILES string of the molecule is CN=C(NCc1ccc(OC)c(OC)c1OC)NCC(C)(C)OC. The minimum atomic E-state index is -0.279. The van der Waals surface area contributed by atoms with E-state index in [4.69, 9.17) is 18.9 Å². The van der Waals surface area contributed by atoms with Crippen LogP contribution in [0.15, 0.2) is 17.1 Å². The van der Waals surface area contributed by atoms with Gasteiger partial charge in [0.15, 0.2) is 17.5 Å². The van der Waals surface area contributed by atoms with Gasteiger partial charge in [-0.05, 0) is 26.0 Å². The number of rotatable bonds is 8. The molecule has 24 heavy (non-hydrogen) atoms. The van der Waals surface area contributed by atoms with E-state index in [1.165, 1.54) is 0 Å². The molecule has 0 aromatic heterocycles. The summed E-state index contributed by atoms with van der Waals surface area (Å²) < 4.78 is 21.6. The van der Waals surface area contributed by atoms with Crippen LogP contribution in [0, 0.1) is 0 Å². The first-order valence-corrected chi connectivity index (χ1v) is 7.70. The molecule has 0 spiro atoms. The maximum atomic E-state index is 5.48. The van der Waals surface area contributed by atoms with Crippen LogP contribution >= 0.6 is 0 Å². The predicted molar refractivity (Wildman–Crippen MR) is 95.4 cm³/mol. The van der Waals surface area contributed by atoms with E-state index >= 15 is 0 Å². The summed E-state index contributed by atoms with van der Waals surface area (Å²) in [6, 6.07) is 3.78. The zero-order chi connectivity index (χ0) is 18.2. The van der Waals surface area contributed by atoms with Crippen molar-refractivity contribution in [1.82, 2.24) is 10.6 Å². The Kier molecular flexibility index (Phi) is 7.64. The zero-order valence-corrected chi connectivity index (χ0v) is 15.6. The van der Waals surface area contributed by atoms with Gasteiger partial charge in [0.1, 0.15) is 0 Å². The lowest BCUT2D eigenvalue weighted by atomic mass is 10.1. The van der Waals surface area contributed by atoms with E-state index < -0.39 is 0 Å². The Labute approximate surface area is 144 Å². The molecule has 2 N–H and O–H groups in total. The molecule has 0 saturated heterocycles. The second-order valence-electron chi connectivity index (χ2n) is 5.74. The van der Waals surface area contributed by atoms with Crippen LogP contribution in [0.4, 0.5) is 0 Å². The highest BCUT2D eigenvalue weighted by Gasteiger charge is 2.18. The average molecular weight is 339 g/mol. The van der Waals surface area contributed by atoms with Crippen molar-refractivity contribution >= 4 is 5.96 Å². The Morgan fingerprint density at radius 2 is 1.67 bits per heavy atom. The molecule has 7 nitrogen and oxygen atoms in total. The molecule has 0 aliphatic heterocycles. The lowest BCUT2D eigenvalue weighted by Crippen LogP contribution is -2.45. The smallest absolute Gasteiger partial charge is 0.203 e. The van der Waals surface area contributed by atoms with Crippen molar-refractivity contribution in [2.24, 2.45) is 4.99 Å². The van der Waals surface area contributed by atoms with Gasteiger partial charge in [-0.3, -0.25) is 4.99 Å². The third kappa shape index (κ3) is 5.19. The van der Waals surface area contributed by atoms with Crippen molar-refractivity contribution in [1.29, 1.82) is 0 Å². The lowest BCUT2D eigenvalue weighted by Gasteiger charge is -2.24. The van der Waals surface area contributed by atoms with Gasteiger partial charge in [0.2, 0.25) is 5.75 Å². The van der Waals surface area contributed by atoms with Gasteiger partial charge in [-0.2, -0.15) is 0 Å². The van der Waals surface area contributed by atoms with Crippen LogP contribution in [0.25, 0.3) is 0 Å².